The zero-order valence-corrected chi connectivity index (χ0v) is 32.7. The molecule has 284 valence electrons. The molecule has 13 aromatic rings. The Morgan fingerprint density at radius 1 is 0.328 bits per heavy atom. The number of para-hydroxylation sites is 4. The highest BCUT2D eigenvalue weighted by molar-refractivity contribution is 6.16. The van der Waals surface area contributed by atoms with E-state index >= 15 is 0 Å². The van der Waals surface area contributed by atoms with Crippen molar-refractivity contribution in [3.63, 3.8) is 0 Å². The molecule has 13 rings (SSSR count). The van der Waals surface area contributed by atoms with Crippen LogP contribution in [0.5, 0.6) is 0 Å². The summed E-state index contributed by atoms with van der Waals surface area (Å²) in [5.41, 5.74) is 10.7. The predicted octanol–water partition coefficient (Wildman–Crippen LogP) is 14.1. The maximum absolute atomic E-state index is 6.81. The summed E-state index contributed by atoms with van der Waals surface area (Å²) >= 11 is 0. The van der Waals surface area contributed by atoms with Crippen LogP contribution in [0.15, 0.2) is 205 Å². The second kappa shape index (κ2) is 13.1. The monoisotopic (exact) mass is 779 g/mol. The maximum Gasteiger partial charge on any atom is 0.164 e. The summed E-state index contributed by atoms with van der Waals surface area (Å²) in [5, 5.41) is 9.12. The number of hydrogen-bond acceptors (Lipinski definition) is 4. The van der Waals surface area contributed by atoms with Crippen molar-refractivity contribution in [1.29, 1.82) is 0 Å². The van der Waals surface area contributed by atoms with Gasteiger partial charge in [0.05, 0.1) is 27.8 Å². The quantitative estimate of drug-likeness (QED) is 0.175. The Hall–Kier alpha value is -8.35. The van der Waals surface area contributed by atoms with E-state index in [0.717, 1.165) is 72.1 Å². The minimum absolute atomic E-state index is 0.576. The molecule has 0 aliphatic heterocycles. The lowest BCUT2D eigenvalue weighted by atomic mass is 10.1. The molecule has 4 aromatic heterocycles. The Morgan fingerprint density at radius 2 is 0.885 bits per heavy atom. The Labute approximate surface area is 349 Å². The molecule has 0 aliphatic rings. The van der Waals surface area contributed by atoms with E-state index in [9.17, 15) is 0 Å². The molecule has 0 unspecified atom stereocenters. The van der Waals surface area contributed by atoms with Gasteiger partial charge < -0.3 is 13.6 Å². The highest BCUT2D eigenvalue weighted by Gasteiger charge is 2.22. The van der Waals surface area contributed by atoms with Gasteiger partial charge in [0.1, 0.15) is 5.58 Å². The van der Waals surface area contributed by atoms with Gasteiger partial charge in [-0.2, -0.15) is 0 Å². The van der Waals surface area contributed by atoms with Crippen LogP contribution in [-0.2, 0) is 0 Å². The highest BCUT2D eigenvalue weighted by Crippen LogP contribution is 2.42. The summed E-state index contributed by atoms with van der Waals surface area (Å²) in [5.74, 6) is 1.77. The number of aromatic nitrogens is 5. The average molecular weight is 780 g/mol. The number of nitrogens with zero attached hydrogens (tertiary/aromatic N) is 5. The van der Waals surface area contributed by atoms with E-state index in [2.05, 4.69) is 179 Å². The molecular formula is C55H33N5O. The molecule has 0 saturated heterocycles. The van der Waals surface area contributed by atoms with Crippen LogP contribution in [0.2, 0.25) is 0 Å². The first-order chi connectivity index (χ1) is 30.2. The van der Waals surface area contributed by atoms with Gasteiger partial charge >= 0.3 is 0 Å². The smallest absolute Gasteiger partial charge is 0.164 e. The summed E-state index contributed by atoms with van der Waals surface area (Å²) in [6, 6.07) is 70.3. The molecule has 0 amide bonds. The fourth-order valence-corrected chi connectivity index (χ4v) is 9.33. The largest absolute Gasteiger partial charge is 0.454 e. The molecule has 6 nitrogen and oxygen atoms in total. The highest BCUT2D eigenvalue weighted by atomic mass is 16.3. The van der Waals surface area contributed by atoms with E-state index in [4.69, 9.17) is 19.4 Å². The zero-order chi connectivity index (χ0) is 40.0. The van der Waals surface area contributed by atoms with E-state index in [0.29, 0.717) is 17.5 Å². The van der Waals surface area contributed by atoms with Crippen LogP contribution in [0.3, 0.4) is 0 Å². The van der Waals surface area contributed by atoms with Crippen LogP contribution >= 0.6 is 0 Å². The Balaban J connectivity index is 1.10. The van der Waals surface area contributed by atoms with Crippen LogP contribution < -0.4 is 0 Å². The molecule has 9 aromatic carbocycles. The van der Waals surface area contributed by atoms with Crippen LogP contribution in [0.4, 0.5) is 0 Å². The molecular weight excluding hydrogens is 747 g/mol. The number of fused-ring (bicyclic) bond motifs is 10. The molecule has 0 radical (unpaired) electrons. The second-order valence-electron chi connectivity index (χ2n) is 15.6. The Bertz CT molecular complexity index is 3880. The van der Waals surface area contributed by atoms with Crippen LogP contribution in [0.1, 0.15) is 0 Å². The lowest BCUT2D eigenvalue weighted by Crippen LogP contribution is -2.02. The summed E-state index contributed by atoms with van der Waals surface area (Å²) in [7, 11) is 0. The van der Waals surface area contributed by atoms with Crippen LogP contribution in [-0.4, -0.2) is 24.1 Å². The molecule has 0 aliphatic carbocycles. The first-order valence-corrected chi connectivity index (χ1v) is 20.5. The van der Waals surface area contributed by atoms with Crippen molar-refractivity contribution < 1.29 is 4.42 Å². The second-order valence-corrected chi connectivity index (χ2v) is 15.6. The standard InChI is InChI=1S/C55H33N5O/c1-3-15-34(16-4-1)53-56-54(37-27-28-42-40-21-9-12-24-46(40)59(48(42)32-37)39-19-5-2-6-20-39)58-55(57-53)38-30-45-43-23-11-14-26-51(43)61-52(45)50(33-38)60-47-25-13-10-22-41(47)44-29-35-17-7-8-18-36(35)31-49(44)60/h1-33H. The van der Waals surface area contributed by atoms with E-state index in [1.165, 1.54) is 32.3 Å². The Morgan fingerprint density at radius 3 is 1.66 bits per heavy atom. The predicted molar refractivity (Wildman–Crippen MR) is 250 cm³/mol. The summed E-state index contributed by atoms with van der Waals surface area (Å²) < 4.78 is 11.5. The van der Waals surface area contributed by atoms with Crippen LogP contribution in [0, 0.1) is 0 Å². The van der Waals surface area contributed by atoms with E-state index in [1.807, 2.05) is 30.3 Å². The van der Waals surface area contributed by atoms with Gasteiger partial charge in [-0.25, -0.2) is 15.0 Å². The molecule has 4 heterocycles. The minimum Gasteiger partial charge on any atom is -0.454 e. The first kappa shape index (κ1) is 33.6. The lowest BCUT2D eigenvalue weighted by Gasteiger charge is -2.13. The number of hydrogen-bond donors (Lipinski definition) is 0. The van der Waals surface area contributed by atoms with Gasteiger partial charge in [-0.15, -0.1) is 0 Å². The molecule has 61 heavy (non-hydrogen) atoms. The van der Waals surface area contributed by atoms with Crippen LogP contribution in [0.25, 0.3) is 122 Å². The number of furan rings is 1. The molecule has 0 atom stereocenters. The van der Waals surface area contributed by atoms with E-state index in [-0.39, 0.29) is 0 Å². The zero-order valence-electron chi connectivity index (χ0n) is 32.7. The third-order valence-corrected chi connectivity index (χ3v) is 12.1. The third kappa shape index (κ3) is 5.19. The van der Waals surface area contributed by atoms with Crippen molar-refractivity contribution in [3.05, 3.63) is 200 Å². The van der Waals surface area contributed by atoms with Crippen molar-refractivity contribution in [2.75, 3.05) is 0 Å². The third-order valence-electron chi connectivity index (χ3n) is 12.1. The van der Waals surface area contributed by atoms with Crippen molar-refractivity contribution in [2.24, 2.45) is 0 Å². The molecule has 0 N–H and O–H groups in total. The topological polar surface area (TPSA) is 61.7 Å². The maximum atomic E-state index is 6.81. The van der Waals surface area contributed by atoms with Crippen molar-refractivity contribution in [3.8, 4) is 45.5 Å². The summed E-state index contributed by atoms with van der Waals surface area (Å²) in [6.07, 6.45) is 0. The fourth-order valence-electron chi connectivity index (χ4n) is 9.33. The SMILES string of the molecule is c1ccc(-c2nc(-c3cc(-n4c5ccccc5c5cc6ccccc6cc54)c4oc5ccccc5c4c3)nc(-c3ccc4c5ccccc5n(-c5ccccc5)c4c3)n2)cc1. The van der Waals surface area contributed by atoms with Crippen molar-refractivity contribution >= 4 is 76.3 Å². The minimum atomic E-state index is 0.576. The fraction of sp³-hybridized carbons (Fsp3) is 0. The van der Waals surface area contributed by atoms with E-state index in [1.54, 1.807) is 0 Å². The van der Waals surface area contributed by atoms with Gasteiger partial charge in [-0.1, -0.05) is 140 Å². The van der Waals surface area contributed by atoms with E-state index < -0.39 is 0 Å². The van der Waals surface area contributed by atoms with Gasteiger partial charge in [0.2, 0.25) is 0 Å². The lowest BCUT2D eigenvalue weighted by molar-refractivity contribution is 0.666. The van der Waals surface area contributed by atoms with Gasteiger partial charge in [0.15, 0.2) is 23.1 Å². The van der Waals surface area contributed by atoms with Crippen molar-refractivity contribution in [2.45, 2.75) is 0 Å². The Kier molecular flexibility index (Phi) is 7.21. The van der Waals surface area contributed by atoms with Gasteiger partial charge in [0, 0.05) is 54.7 Å². The molecule has 0 spiro atoms. The van der Waals surface area contributed by atoms with Gasteiger partial charge in [-0.3, -0.25) is 0 Å². The average Bonchev–Trinajstić information content (AvgIpc) is 3.98. The number of benzene rings is 9. The molecule has 0 saturated carbocycles. The molecule has 0 bridgehead atoms. The van der Waals surface area contributed by atoms with Gasteiger partial charge in [-0.05, 0) is 71.4 Å². The van der Waals surface area contributed by atoms with Gasteiger partial charge in [0.25, 0.3) is 0 Å². The first-order valence-electron chi connectivity index (χ1n) is 20.5. The molecule has 6 heteroatoms. The normalized spacial score (nSPS) is 11.9. The summed E-state index contributed by atoms with van der Waals surface area (Å²) in [6.45, 7) is 0. The summed E-state index contributed by atoms with van der Waals surface area (Å²) in [4.78, 5) is 15.8. The number of rotatable bonds is 5. The molecule has 0 fully saturated rings. The van der Waals surface area contributed by atoms with Crippen molar-refractivity contribution in [1.82, 2.24) is 24.1 Å².